The van der Waals surface area contributed by atoms with Crippen LogP contribution in [0.5, 0.6) is 5.88 Å². The van der Waals surface area contributed by atoms with Crippen LogP contribution in [0.4, 0.5) is 0 Å². The van der Waals surface area contributed by atoms with Gasteiger partial charge in [-0.15, -0.1) is 0 Å². The van der Waals surface area contributed by atoms with Crippen molar-refractivity contribution in [1.82, 2.24) is 39.6 Å². The van der Waals surface area contributed by atoms with Gasteiger partial charge in [-0.25, -0.2) is 9.67 Å². The number of ether oxygens (including phenoxy) is 1. The molecule has 0 aromatic carbocycles. The van der Waals surface area contributed by atoms with Crippen LogP contribution < -0.4 is 4.74 Å². The first-order valence-electron chi connectivity index (χ1n) is 12.4. The molecule has 4 aromatic rings. The Balaban J connectivity index is 1.70. The van der Waals surface area contributed by atoms with E-state index in [0.29, 0.717) is 18.7 Å². The van der Waals surface area contributed by atoms with Crippen molar-refractivity contribution in [2.45, 2.75) is 59.9 Å². The SMILES string of the molecule is CCN1Cc2c(c(C)nn2C[C@H](C)O)/C=C/c2[nH]nc3ncc(cc23)-c2c(C)nn(C)c2O[C@@H](C)C1. The maximum absolute atomic E-state index is 10.1. The molecule has 5 heterocycles. The molecule has 2 N–H and O–H groups in total. The molecule has 2 atom stereocenters. The van der Waals surface area contributed by atoms with Crippen LogP contribution in [0.3, 0.4) is 0 Å². The highest BCUT2D eigenvalue weighted by atomic mass is 16.5. The summed E-state index contributed by atoms with van der Waals surface area (Å²) in [6, 6.07) is 2.09. The van der Waals surface area contributed by atoms with Crippen LogP contribution >= 0.6 is 0 Å². The van der Waals surface area contributed by atoms with Gasteiger partial charge in [-0.3, -0.25) is 14.7 Å². The number of aliphatic hydroxyl groups excluding tert-OH is 1. The zero-order valence-corrected chi connectivity index (χ0v) is 21.8. The van der Waals surface area contributed by atoms with E-state index in [0.717, 1.165) is 63.8 Å². The highest BCUT2D eigenvalue weighted by Crippen LogP contribution is 2.35. The molecule has 10 heteroatoms. The van der Waals surface area contributed by atoms with Gasteiger partial charge in [0.1, 0.15) is 6.10 Å². The molecule has 0 aliphatic carbocycles. The Morgan fingerprint density at radius 1 is 1.22 bits per heavy atom. The molecule has 0 unspecified atom stereocenters. The fraction of sp³-hybridized carbons (Fsp3) is 0.462. The molecular formula is C26H34N8O2. The van der Waals surface area contributed by atoms with Crippen LogP contribution in [0.1, 0.15) is 49.1 Å². The number of rotatable bonds is 3. The molecule has 5 rings (SSSR count). The van der Waals surface area contributed by atoms with Crippen LogP contribution in [-0.4, -0.2) is 70.0 Å². The summed E-state index contributed by atoms with van der Waals surface area (Å²) in [5.74, 6) is 0.725. The summed E-state index contributed by atoms with van der Waals surface area (Å²) >= 11 is 0. The molecule has 2 bridgehead atoms. The lowest BCUT2D eigenvalue weighted by atomic mass is 10.1. The first-order chi connectivity index (χ1) is 17.2. The monoisotopic (exact) mass is 490 g/mol. The Morgan fingerprint density at radius 3 is 2.78 bits per heavy atom. The molecule has 0 saturated carbocycles. The molecule has 1 aliphatic rings. The molecule has 0 radical (unpaired) electrons. The van der Waals surface area contributed by atoms with E-state index in [4.69, 9.17) is 9.84 Å². The number of aryl methyl sites for hydroxylation is 3. The Kier molecular flexibility index (Phi) is 6.40. The molecule has 0 amide bonds. The van der Waals surface area contributed by atoms with Gasteiger partial charge in [-0.2, -0.15) is 15.3 Å². The zero-order valence-electron chi connectivity index (χ0n) is 21.8. The molecule has 1 aliphatic heterocycles. The summed E-state index contributed by atoms with van der Waals surface area (Å²) in [5.41, 5.74) is 7.32. The van der Waals surface area contributed by atoms with Gasteiger partial charge < -0.3 is 9.84 Å². The molecule has 4 aromatic heterocycles. The third-order valence-corrected chi connectivity index (χ3v) is 6.68. The number of nitrogens with zero attached hydrogens (tertiary/aromatic N) is 7. The van der Waals surface area contributed by atoms with Crippen LogP contribution in [0.15, 0.2) is 12.3 Å². The van der Waals surface area contributed by atoms with Crippen molar-refractivity contribution in [3.05, 3.63) is 40.6 Å². The Bertz CT molecular complexity index is 1430. The molecular weight excluding hydrogens is 456 g/mol. The Labute approximate surface area is 210 Å². The first kappa shape index (κ1) is 24.2. The third-order valence-electron chi connectivity index (χ3n) is 6.68. The normalized spacial score (nSPS) is 18.4. The molecule has 10 nitrogen and oxygen atoms in total. The maximum atomic E-state index is 10.1. The quantitative estimate of drug-likeness (QED) is 0.453. The number of aliphatic hydroxyl groups is 1. The lowest BCUT2D eigenvalue weighted by molar-refractivity contribution is 0.131. The lowest BCUT2D eigenvalue weighted by Crippen LogP contribution is -2.35. The minimum Gasteiger partial charge on any atom is -0.473 e. The largest absolute Gasteiger partial charge is 0.473 e. The summed E-state index contributed by atoms with van der Waals surface area (Å²) in [5, 5.41) is 28.0. The maximum Gasteiger partial charge on any atom is 0.220 e. The van der Waals surface area contributed by atoms with E-state index in [2.05, 4.69) is 51.2 Å². The highest BCUT2D eigenvalue weighted by Gasteiger charge is 2.23. The number of likely N-dealkylation sites (N-methyl/N-ethyl adjacent to an activating group) is 1. The Hall–Kier alpha value is -3.50. The van der Waals surface area contributed by atoms with Crippen LogP contribution in [-0.2, 0) is 20.1 Å². The average molecular weight is 491 g/mol. The second kappa shape index (κ2) is 9.51. The predicted molar refractivity (Wildman–Crippen MR) is 139 cm³/mol. The van der Waals surface area contributed by atoms with Gasteiger partial charge in [0, 0.05) is 42.8 Å². The predicted octanol–water partition coefficient (Wildman–Crippen LogP) is 3.33. The minimum absolute atomic E-state index is 0.0852. The zero-order chi connectivity index (χ0) is 25.6. The van der Waals surface area contributed by atoms with E-state index in [1.807, 2.05) is 37.8 Å². The number of aromatic nitrogens is 7. The summed E-state index contributed by atoms with van der Waals surface area (Å²) in [6.07, 6.45) is 5.37. The van der Waals surface area contributed by atoms with E-state index in [1.54, 1.807) is 11.6 Å². The van der Waals surface area contributed by atoms with Gasteiger partial charge in [0.25, 0.3) is 0 Å². The number of fused-ring (bicyclic) bond motifs is 4. The van der Waals surface area contributed by atoms with E-state index >= 15 is 0 Å². The van der Waals surface area contributed by atoms with Crippen LogP contribution in [0.2, 0.25) is 0 Å². The van der Waals surface area contributed by atoms with E-state index < -0.39 is 6.10 Å². The van der Waals surface area contributed by atoms with Crippen LogP contribution in [0.25, 0.3) is 34.3 Å². The smallest absolute Gasteiger partial charge is 0.220 e. The summed E-state index contributed by atoms with van der Waals surface area (Å²) in [6.45, 7) is 12.7. The van der Waals surface area contributed by atoms with Crippen LogP contribution in [0, 0.1) is 13.8 Å². The van der Waals surface area contributed by atoms with E-state index in [-0.39, 0.29) is 6.10 Å². The van der Waals surface area contributed by atoms with Gasteiger partial charge in [-0.05, 0) is 52.5 Å². The van der Waals surface area contributed by atoms with Gasteiger partial charge in [0.05, 0.1) is 41.0 Å². The van der Waals surface area contributed by atoms with Gasteiger partial charge in [0.15, 0.2) is 5.65 Å². The fourth-order valence-corrected chi connectivity index (χ4v) is 4.99. The molecule has 0 fully saturated rings. The van der Waals surface area contributed by atoms with Crippen molar-refractivity contribution in [3.8, 4) is 17.0 Å². The van der Waals surface area contributed by atoms with Crippen molar-refractivity contribution in [1.29, 1.82) is 0 Å². The first-order valence-corrected chi connectivity index (χ1v) is 12.4. The molecule has 190 valence electrons. The molecule has 0 spiro atoms. The molecule has 36 heavy (non-hydrogen) atoms. The second-order valence-corrected chi connectivity index (χ2v) is 9.69. The second-order valence-electron chi connectivity index (χ2n) is 9.69. The average Bonchev–Trinajstić information content (AvgIpc) is 3.44. The van der Waals surface area contributed by atoms with E-state index in [1.165, 1.54) is 0 Å². The minimum atomic E-state index is -0.501. The van der Waals surface area contributed by atoms with Crippen molar-refractivity contribution in [2.75, 3.05) is 13.1 Å². The number of pyridine rings is 1. The number of H-pyrrole nitrogens is 1. The summed E-state index contributed by atoms with van der Waals surface area (Å²) in [4.78, 5) is 6.96. The van der Waals surface area contributed by atoms with Gasteiger partial charge >= 0.3 is 0 Å². The Morgan fingerprint density at radius 2 is 2.03 bits per heavy atom. The van der Waals surface area contributed by atoms with Crippen molar-refractivity contribution in [2.24, 2.45) is 7.05 Å². The number of hydrogen-bond donors (Lipinski definition) is 2. The number of aromatic amines is 1. The van der Waals surface area contributed by atoms with Gasteiger partial charge in [-0.1, -0.05) is 6.92 Å². The summed E-state index contributed by atoms with van der Waals surface area (Å²) in [7, 11) is 1.91. The molecule has 0 saturated heterocycles. The van der Waals surface area contributed by atoms with Gasteiger partial charge in [0.2, 0.25) is 5.88 Å². The number of nitrogens with one attached hydrogen (secondary N) is 1. The standard InChI is InChI=1S/C26H34N8O2/c1-7-33-13-16(3)36-26-24(18(5)30-32(26)6)19-10-21-22(28-29-25(21)27-11-19)9-8-20-17(4)31-34(12-15(2)35)23(20)14-33/h8-11,15-16,35H,7,12-14H2,1-6H3,(H,27,28,29)/b9-8+/t15-,16-/m0/s1. The van der Waals surface area contributed by atoms with Crippen molar-refractivity contribution < 1.29 is 9.84 Å². The highest BCUT2D eigenvalue weighted by molar-refractivity contribution is 5.91. The van der Waals surface area contributed by atoms with Crippen molar-refractivity contribution >= 4 is 23.2 Å². The van der Waals surface area contributed by atoms with Crippen molar-refractivity contribution in [3.63, 3.8) is 0 Å². The summed E-state index contributed by atoms with van der Waals surface area (Å²) < 4.78 is 10.3. The number of hydrogen-bond acceptors (Lipinski definition) is 7. The van der Waals surface area contributed by atoms with E-state index in [9.17, 15) is 5.11 Å². The topological polar surface area (TPSA) is 110 Å². The third kappa shape index (κ3) is 4.42. The lowest BCUT2D eigenvalue weighted by Gasteiger charge is -2.26. The fourth-order valence-electron chi connectivity index (χ4n) is 4.99.